The number of fused-ring (bicyclic) bond motifs is 2. The van der Waals surface area contributed by atoms with E-state index in [-0.39, 0.29) is 18.8 Å². The van der Waals surface area contributed by atoms with Gasteiger partial charge in [-0.2, -0.15) is 9.97 Å². The molecule has 0 spiro atoms. The predicted molar refractivity (Wildman–Crippen MR) is 122 cm³/mol. The molecule has 1 fully saturated rings. The van der Waals surface area contributed by atoms with Crippen molar-refractivity contribution in [2.45, 2.75) is 37.8 Å². The van der Waals surface area contributed by atoms with Crippen LogP contribution in [-0.2, 0) is 4.74 Å². The highest BCUT2D eigenvalue weighted by Crippen LogP contribution is 2.35. The third-order valence-electron chi connectivity index (χ3n) is 5.92. The molecule has 0 atom stereocenters. The second kappa shape index (κ2) is 9.05. The molecular weight excluding hydrogens is 408 g/mol. The molecule has 166 valence electrons. The van der Waals surface area contributed by atoms with Gasteiger partial charge in [0, 0.05) is 30.2 Å². The van der Waals surface area contributed by atoms with Crippen LogP contribution in [-0.4, -0.2) is 62.5 Å². The fourth-order valence-electron chi connectivity index (χ4n) is 4.35. The lowest BCUT2D eigenvalue weighted by molar-refractivity contribution is 0.00719. The number of benzene rings is 1. The second-order valence-electron chi connectivity index (χ2n) is 7.95. The van der Waals surface area contributed by atoms with E-state index in [4.69, 9.17) is 19.6 Å². The molecule has 1 aliphatic carbocycles. The van der Waals surface area contributed by atoms with E-state index in [0.29, 0.717) is 24.1 Å². The first-order valence-corrected chi connectivity index (χ1v) is 10.9. The van der Waals surface area contributed by atoms with Crippen LogP contribution in [0.4, 0.5) is 5.95 Å². The summed E-state index contributed by atoms with van der Waals surface area (Å²) in [5, 5.41) is 13.2. The molecule has 1 saturated carbocycles. The first-order chi connectivity index (χ1) is 15.7. The van der Waals surface area contributed by atoms with E-state index in [1.165, 1.54) is 0 Å². The quantitative estimate of drug-likeness (QED) is 0.405. The predicted octanol–water partition coefficient (Wildman–Crippen LogP) is 3.31. The van der Waals surface area contributed by atoms with E-state index in [9.17, 15) is 0 Å². The zero-order valence-corrected chi connectivity index (χ0v) is 17.9. The summed E-state index contributed by atoms with van der Waals surface area (Å²) in [5.41, 5.74) is 4.34. The third-order valence-corrected chi connectivity index (χ3v) is 5.92. The average Bonchev–Trinajstić information content (AvgIpc) is 3.27. The van der Waals surface area contributed by atoms with Crippen LogP contribution < -0.4 is 10.1 Å². The molecule has 3 N–H and O–H groups in total. The van der Waals surface area contributed by atoms with Crippen molar-refractivity contribution in [2.24, 2.45) is 0 Å². The van der Waals surface area contributed by atoms with Crippen molar-refractivity contribution in [1.29, 1.82) is 0 Å². The molecule has 0 unspecified atom stereocenters. The first-order valence-electron chi connectivity index (χ1n) is 10.9. The molecule has 5 rings (SSSR count). The summed E-state index contributed by atoms with van der Waals surface area (Å²) in [6.07, 6.45) is 9.36. The number of aromatic amines is 1. The lowest BCUT2D eigenvalue weighted by Gasteiger charge is -2.29. The van der Waals surface area contributed by atoms with Crippen LogP contribution in [0.25, 0.3) is 33.2 Å². The molecule has 0 aliphatic heterocycles. The van der Waals surface area contributed by atoms with Crippen molar-refractivity contribution in [2.75, 3.05) is 25.6 Å². The summed E-state index contributed by atoms with van der Waals surface area (Å²) in [6.45, 7) is 0.468. The molecule has 32 heavy (non-hydrogen) atoms. The van der Waals surface area contributed by atoms with Crippen molar-refractivity contribution in [3.63, 3.8) is 0 Å². The van der Waals surface area contributed by atoms with Gasteiger partial charge in [-0.3, -0.25) is 9.97 Å². The van der Waals surface area contributed by atoms with Crippen molar-refractivity contribution < 1.29 is 14.6 Å². The van der Waals surface area contributed by atoms with Crippen LogP contribution in [0.15, 0.2) is 36.8 Å². The monoisotopic (exact) mass is 434 g/mol. The van der Waals surface area contributed by atoms with Gasteiger partial charge in [-0.1, -0.05) is 6.07 Å². The summed E-state index contributed by atoms with van der Waals surface area (Å²) in [4.78, 5) is 21.4. The zero-order chi connectivity index (χ0) is 21.9. The normalized spacial score (nSPS) is 18.8. The molecular formula is C23H26N6O3. The summed E-state index contributed by atoms with van der Waals surface area (Å²) in [5.74, 6) is 1.07. The molecule has 0 radical (unpaired) electrons. The van der Waals surface area contributed by atoms with Gasteiger partial charge in [0.2, 0.25) is 11.8 Å². The van der Waals surface area contributed by atoms with Gasteiger partial charge < -0.3 is 24.9 Å². The number of aliphatic hydroxyl groups is 1. The maximum Gasteiger partial charge on any atom is 0.228 e. The highest BCUT2D eigenvalue weighted by molar-refractivity contribution is 5.99. The lowest BCUT2D eigenvalue weighted by atomic mass is 9.93. The average molecular weight is 435 g/mol. The number of methoxy groups -OCH3 is 1. The number of hydrogen-bond donors (Lipinski definition) is 3. The Balaban J connectivity index is 1.39. The molecule has 1 aliphatic rings. The van der Waals surface area contributed by atoms with E-state index in [2.05, 4.69) is 25.3 Å². The van der Waals surface area contributed by atoms with Crippen molar-refractivity contribution in [1.82, 2.24) is 24.9 Å². The van der Waals surface area contributed by atoms with E-state index >= 15 is 0 Å². The van der Waals surface area contributed by atoms with E-state index < -0.39 is 0 Å². The Hall–Kier alpha value is -3.30. The molecule has 0 bridgehead atoms. The number of hydrogen-bond acceptors (Lipinski definition) is 8. The third kappa shape index (κ3) is 4.09. The first kappa shape index (κ1) is 20.6. The number of rotatable bonds is 7. The Morgan fingerprint density at radius 1 is 1.09 bits per heavy atom. The fraction of sp³-hybridized carbons (Fsp3) is 0.391. The molecule has 3 heterocycles. The number of anilines is 1. The second-order valence-corrected chi connectivity index (χ2v) is 7.95. The minimum absolute atomic E-state index is 0.0660. The van der Waals surface area contributed by atoms with Gasteiger partial charge in [0.05, 0.1) is 42.8 Å². The van der Waals surface area contributed by atoms with Gasteiger partial charge >= 0.3 is 0 Å². The van der Waals surface area contributed by atoms with Gasteiger partial charge in [-0.05, 0) is 43.4 Å². The van der Waals surface area contributed by atoms with Crippen molar-refractivity contribution in [3.05, 3.63) is 36.8 Å². The number of nitrogens with zero attached hydrogens (tertiary/aromatic N) is 4. The summed E-state index contributed by atoms with van der Waals surface area (Å²) >= 11 is 0. The minimum atomic E-state index is 0.0660. The van der Waals surface area contributed by atoms with Gasteiger partial charge in [-0.25, -0.2) is 0 Å². The smallest absolute Gasteiger partial charge is 0.228 e. The van der Waals surface area contributed by atoms with Crippen molar-refractivity contribution >= 4 is 28.0 Å². The van der Waals surface area contributed by atoms with Crippen LogP contribution in [0, 0.1) is 0 Å². The minimum Gasteiger partial charge on any atom is -0.480 e. The molecule has 0 amide bonds. The van der Waals surface area contributed by atoms with Crippen LogP contribution in [0.3, 0.4) is 0 Å². The van der Waals surface area contributed by atoms with E-state index in [0.717, 1.165) is 53.2 Å². The Bertz CT molecular complexity index is 1220. The molecule has 1 aromatic carbocycles. The maximum absolute atomic E-state index is 8.93. The number of ether oxygens (including phenoxy) is 2. The van der Waals surface area contributed by atoms with Crippen LogP contribution in [0.1, 0.15) is 25.7 Å². The van der Waals surface area contributed by atoms with Crippen LogP contribution in [0.5, 0.6) is 5.88 Å². The summed E-state index contributed by atoms with van der Waals surface area (Å²) < 4.78 is 11.3. The van der Waals surface area contributed by atoms with E-state index in [1.807, 2.05) is 24.4 Å². The Kier molecular flexibility index (Phi) is 5.83. The largest absolute Gasteiger partial charge is 0.480 e. The summed E-state index contributed by atoms with van der Waals surface area (Å²) in [6, 6.07) is 6.26. The number of nitrogens with one attached hydrogen (secondary N) is 2. The Morgan fingerprint density at radius 3 is 2.69 bits per heavy atom. The van der Waals surface area contributed by atoms with Gasteiger partial charge in [0.15, 0.2) is 0 Å². The van der Waals surface area contributed by atoms with Gasteiger partial charge in [-0.15, -0.1) is 0 Å². The zero-order valence-electron chi connectivity index (χ0n) is 17.9. The van der Waals surface area contributed by atoms with Crippen LogP contribution in [0.2, 0.25) is 0 Å². The van der Waals surface area contributed by atoms with Gasteiger partial charge in [0.25, 0.3) is 0 Å². The maximum atomic E-state index is 8.93. The molecule has 4 aromatic rings. The van der Waals surface area contributed by atoms with Gasteiger partial charge in [0.1, 0.15) is 5.65 Å². The number of aliphatic hydroxyl groups excluding tert-OH is 1. The molecule has 9 nitrogen and oxygen atoms in total. The topological polar surface area (TPSA) is 118 Å². The van der Waals surface area contributed by atoms with E-state index in [1.54, 1.807) is 19.5 Å². The molecule has 9 heteroatoms. The number of aromatic nitrogens is 5. The lowest BCUT2D eigenvalue weighted by Crippen LogP contribution is -2.30. The highest BCUT2D eigenvalue weighted by Gasteiger charge is 2.23. The fourth-order valence-corrected chi connectivity index (χ4v) is 4.35. The SMILES string of the molecule is COc1nc(N[C@H]2CC[C@H](OCCO)CC2)nc2[nH]cc(-c3ccc4nccnc4c3)c12. The summed E-state index contributed by atoms with van der Waals surface area (Å²) in [7, 11) is 1.62. The standard InChI is InChI=1S/C23H26N6O3/c1-31-22-20-17(14-2-7-18-19(12-14)25-9-8-24-18)13-26-21(20)28-23(29-22)27-15-3-5-16(6-4-15)32-11-10-30/h2,7-9,12-13,15-16,30H,3-6,10-11H2,1H3,(H2,26,27,28,29)/t15-,16-. The molecule has 0 saturated heterocycles. The van der Waals surface area contributed by atoms with Crippen LogP contribution >= 0.6 is 0 Å². The highest BCUT2D eigenvalue weighted by atomic mass is 16.5. The molecule has 3 aromatic heterocycles. The van der Waals surface area contributed by atoms with Crippen molar-refractivity contribution in [3.8, 4) is 17.0 Å². The Morgan fingerprint density at radius 2 is 1.91 bits per heavy atom. The Labute approximate surface area is 185 Å². The number of H-pyrrole nitrogens is 1.